The third-order valence-electron chi connectivity index (χ3n) is 3.49. The summed E-state index contributed by atoms with van der Waals surface area (Å²) >= 11 is 3.24. The minimum atomic E-state index is -0.205. The van der Waals surface area contributed by atoms with E-state index in [0.717, 1.165) is 24.9 Å². The van der Waals surface area contributed by atoms with Crippen molar-refractivity contribution in [2.45, 2.75) is 18.8 Å². The molecule has 106 valence electrons. The highest BCUT2D eigenvalue weighted by atomic mass is 79.9. The number of rotatable bonds is 6. The zero-order chi connectivity index (χ0) is 14.4. The second-order valence-electron chi connectivity index (χ2n) is 4.95. The molecule has 0 fully saturated rings. The van der Waals surface area contributed by atoms with Crippen LogP contribution in [-0.4, -0.2) is 13.6 Å². The summed E-state index contributed by atoms with van der Waals surface area (Å²) in [6.07, 6.45) is 1.99. The van der Waals surface area contributed by atoms with Gasteiger partial charge in [-0.1, -0.05) is 36.4 Å². The van der Waals surface area contributed by atoms with Gasteiger partial charge in [0.1, 0.15) is 5.82 Å². The number of likely N-dealkylation sites (N-methyl/N-ethyl adjacent to an activating group) is 1. The number of benzene rings is 2. The van der Waals surface area contributed by atoms with Crippen LogP contribution in [0.1, 0.15) is 23.5 Å². The fourth-order valence-electron chi connectivity index (χ4n) is 2.39. The summed E-state index contributed by atoms with van der Waals surface area (Å²) < 4.78 is 13.8. The molecule has 0 heterocycles. The van der Waals surface area contributed by atoms with E-state index in [1.54, 1.807) is 0 Å². The molecule has 0 aliphatic carbocycles. The molecule has 0 bridgehead atoms. The Hall–Kier alpha value is -1.19. The second kappa shape index (κ2) is 7.55. The van der Waals surface area contributed by atoms with Crippen LogP contribution in [-0.2, 0) is 6.42 Å². The van der Waals surface area contributed by atoms with E-state index in [-0.39, 0.29) is 5.82 Å². The van der Waals surface area contributed by atoms with Gasteiger partial charge in [0.25, 0.3) is 0 Å². The molecule has 0 aromatic heterocycles. The first-order valence-electron chi connectivity index (χ1n) is 6.84. The first kappa shape index (κ1) is 15.2. The molecule has 20 heavy (non-hydrogen) atoms. The van der Waals surface area contributed by atoms with E-state index >= 15 is 0 Å². The van der Waals surface area contributed by atoms with Crippen LogP contribution in [0.25, 0.3) is 0 Å². The Morgan fingerprint density at radius 2 is 1.90 bits per heavy atom. The molecule has 1 nitrogen and oxygen atoms in total. The molecular formula is C17H19BrFN. The highest BCUT2D eigenvalue weighted by molar-refractivity contribution is 9.10. The molecule has 0 aliphatic heterocycles. The van der Waals surface area contributed by atoms with Crippen molar-refractivity contribution in [3.8, 4) is 0 Å². The van der Waals surface area contributed by atoms with Gasteiger partial charge in [0.15, 0.2) is 0 Å². The van der Waals surface area contributed by atoms with Crippen molar-refractivity contribution >= 4 is 15.9 Å². The molecule has 0 amide bonds. The molecule has 1 unspecified atom stereocenters. The lowest BCUT2D eigenvalue weighted by atomic mass is 9.92. The summed E-state index contributed by atoms with van der Waals surface area (Å²) in [4.78, 5) is 0. The fraction of sp³-hybridized carbons (Fsp3) is 0.294. The van der Waals surface area contributed by atoms with E-state index < -0.39 is 0 Å². The maximum Gasteiger partial charge on any atom is 0.137 e. The molecule has 0 spiro atoms. The Morgan fingerprint density at radius 1 is 1.15 bits per heavy atom. The van der Waals surface area contributed by atoms with Crippen molar-refractivity contribution in [1.82, 2.24) is 5.32 Å². The molecule has 2 aromatic rings. The lowest BCUT2D eigenvalue weighted by Crippen LogP contribution is -2.17. The maximum absolute atomic E-state index is 13.2. The van der Waals surface area contributed by atoms with Crippen LogP contribution in [0.2, 0.25) is 0 Å². The van der Waals surface area contributed by atoms with Gasteiger partial charge in [-0.25, -0.2) is 4.39 Å². The summed E-state index contributed by atoms with van der Waals surface area (Å²) in [7, 11) is 1.98. The fourth-order valence-corrected chi connectivity index (χ4v) is 2.82. The molecule has 2 rings (SSSR count). The molecule has 3 heteroatoms. The monoisotopic (exact) mass is 335 g/mol. The molecule has 0 radical (unpaired) electrons. The van der Waals surface area contributed by atoms with Crippen LogP contribution in [0, 0.1) is 5.82 Å². The van der Waals surface area contributed by atoms with Gasteiger partial charge >= 0.3 is 0 Å². The number of hydrogen-bond acceptors (Lipinski definition) is 1. The van der Waals surface area contributed by atoms with Gasteiger partial charge in [-0.15, -0.1) is 0 Å². The summed E-state index contributed by atoms with van der Waals surface area (Å²) in [6.45, 7) is 0.951. The zero-order valence-corrected chi connectivity index (χ0v) is 13.2. The largest absolute Gasteiger partial charge is 0.319 e. The molecule has 2 aromatic carbocycles. The van der Waals surface area contributed by atoms with Crippen molar-refractivity contribution in [3.05, 3.63) is 69.9 Å². The number of hydrogen-bond donors (Lipinski definition) is 1. The third kappa shape index (κ3) is 4.15. The summed E-state index contributed by atoms with van der Waals surface area (Å²) in [5, 5.41) is 3.25. The van der Waals surface area contributed by atoms with Crippen LogP contribution >= 0.6 is 15.9 Å². The summed E-state index contributed by atoms with van der Waals surface area (Å²) in [5.41, 5.74) is 2.51. The van der Waals surface area contributed by atoms with E-state index in [4.69, 9.17) is 0 Å². The van der Waals surface area contributed by atoms with E-state index in [1.165, 1.54) is 11.6 Å². The van der Waals surface area contributed by atoms with Crippen LogP contribution in [0.3, 0.4) is 0 Å². The van der Waals surface area contributed by atoms with Crippen molar-refractivity contribution in [2.75, 3.05) is 13.6 Å². The normalized spacial score (nSPS) is 12.3. The summed E-state index contributed by atoms with van der Waals surface area (Å²) in [6, 6.07) is 15.8. The number of aryl methyl sites for hydroxylation is 1. The van der Waals surface area contributed by atoms with Crippen LogP contribution in [0.5, 0.6) is 0 Å². The van der Waals surface area contributed by atoms with Crippen molar-refractivity contribution < 1.29 is 4.39 Å². The standard InChI is InChI=1S/C17H19BrFN/c1-20-12-15(14-5-3-2-4-6-14)9-7-13-8-10-17(19)16(18)11-13/h2-6,8,10-11,15,20H,7,9,12H2,1H3. The van der Waals surface area contributed by atoms with Gasteiger partial charge < -0.3 is 5.32 Å². The second-order valence-corrected chi connectivity index (χ2v) is 5.81. The Labute approximate surface area is 128 Å². The lowest BCUT2D eigenvalue weighted by molar-refractivity contribution is 0.582. The van der Waals surface area contributed by atoms with E-state index in [0.29, 0.717) is 10.4 Å². The molecule has 1 atom stereocenters. The minimum Gasteiger partial charge on any atom is -0.319 e. The van der Waals surface area contributed by atoms with Gasteiger partial charge in [-0.2, -0.15) is 0 Å². The van der Waals surface area contributed by atoms with E-state index in [9.17, 15) is 4.39 Å². The van der Waals surface area contributed by atoms with E-state index in [1.807, 2.05) is 25.2 Å². The number of nitrogens with one attached hydrogen (secondary N) is 1. The Kier molecular flexibility index (Phi) is 5.74. The Morgan fingerprint density at radius 3 is 2.55 bits per heavy atom. The van der Waals surface area contributed by atoms with Gasteiger partial charge in [0.2, 0.25) is 0 Å². The molecule has 0 aliphatic rings. The minimum absolute atomic E-state index is 0.205. The lowest BCUT2D eigenvalue weighted by Gasteiger charge is -2.17. The van der Waals surface area contributed by atoms with Gasteiger partial charge in [0.05, 0.1) is 4.47 Å². The molecule has 0 saturated carbocycles. The van der Waals surface area contributed by atoms with Crippen LogP contribution < -0.4 is 5.32 Å². The van der Waals surface area contributed by atoms with Gasteiger partial charge in [-0.3, -0.25) is 0 Å². The topological polar surface area (TPSA) is 12.0 Å². The van der Waals surface area contributed by atoms with E-state index in [2.05, 4.69) is 45.5 Å². The Bertz CT molecular complexity index is 542. The smallest absolute Gasteiger partial charge is 0.137 e. The molecular weight excluding hydrogens is 317 g/mol. The van der Waals surface area contributed by atoms with Crippen LogP contribution in [0.4, 0.5) is 4.39 Å². The van der Waals surface area contributed by atoms with Crippen molar-refractivity contribution in [3.63, 3.8) is 0 Å². The third-order valence-corrected chi connectivity index (χ3v) is 4.09. The highest BCUT2D eigenvalue weighted by Crippen LogP contribution is 2.23. The quantitative estimate of drug-likeness (QED) is 0.818. The van der Waals surface area contributed by atoms with Crippen molar-refractivity contribution in [1.29, 1.82) is 0 Å². The number of halogens is 2. The maximum atomic E-state index is 13.2. The van der Waals surface area contributed by atoms with Crippen molar-refractivity contribution in [2.24, 2.45) is 0 Å². The van der Waals surface area contributed by atoms with Gasteiger partial charge in [0, 0.05) is 6.54 Å². The molecule has 0 saturated heterocycles. The molecule has 1 N–H and O–H groups in total. The highest BCUT2D eigenvalue weighted by Gasteiger charge is 2.11. The Balaban J connectivity index is 2.03. The average Bonchev–Trinajstić information content (AvgIpc) is 2.48. The summed E-state index contributed by atoms with van der Waals surface area (Å²) in [5.74, 6) is 0.272. The SMILES string of the molecule is CNCC(CCc1ccc(F)c(Br)c1)c1ccccc1. The van der Waals surface area contributed by atoms with Gasteiger partial charge in [-0.05, 0) is 65.0 Å². The first-order valence-corrected chi connectivity index (χ1v) is 7.63. The first-order chi connectivity index (χ1) is 9.70. The van der Waals surface area contributed by atoms with Crippen LogP contribution in [0.15, 0.2) is 53.0 Å². The predicted molar refractivity (Wildman–Crippen MR) is 85.5 cm³/mol. The predicted octanol–water partition coefficient (Wildman–Crippen LogP) is 4.52. The average molecular weight is 336 g/mol. The zero-order valence-electron chi connectivity index (χ0n) is 11.6.